The van der Waals surface area contributed by atoms with Gasteiger partial charge in [-0.3, -0.25) is 0 Å². The SMILES string of the molecule is c1ccc(-c2nnc(NC3CCCCCCC3)c3ccccc23)cc1. The fraction of sp³-hybridized carbons (Fsp3) is 0.364. The highest BCUT2D eigenvalue weighted by molar-refractivity contribution is 6.00. The molecule has 1 heterocycles. The molecular weight excluding hydrogens is 306 g/mol. The van der Waals surface area contributed by atoms with Crippen molar-refractivity contribution in [1.29, 1.82) is 0 Å². The van der Waals surface area contributed by atoms with Crippen molar-refractivity contribution < 1.29 is 0 Å². The van der Waals surface area contributed by atoms with E-state index in [4.69, 9.17) is 0 Å². The fourth-order valence-electron chi connectivity index (χ4n) is 3.81. The van der Waals surface area contributed by atoms with Crippen LogP contribution in [-0.4, -0.2) is 16.2 Å². The maximum absolute atomic E-state index is 4.57. The van der Waals surface area contributed by atoms with Crippen molar-refractivity contribution in [2.75, 3.05) is 5.32 Å². The largest absolute Gasteiger partial charge is 0.365 e. The molecule has 3 nitrogen and oxygen atoms in total. The molecule has 0 amide bonds. The van der Waals surface area contributed by atoms with E-state index in [1.165, 1.54) is 50.3 Å². The van der Waals surface area contributed by atoms with E-state index in [1.807, 2.05) is 18.2 Å². The van der Waals surface area contributed by atoms with Crippen LogP contribution in [-0.2, 0) is 0 Å². The third-order valence-corrected chi connectivity index (χ3v) is 5.18. The van der Waals surface area contributed by atoms with Crippen molar-refractivity contribution in [2.45, 2.75) is 51.0 Å². The Labute approximate surface area is 149 Å². The monoisotopic (exact) mass is 331 g/mol. The molecule has 128 valence electrons. The van der Waals surface area contributed by atoms with Gasteiger partial charge in [-0.1, -0.05) is 86.7 Å². The van der Waals surface area contributed by atoms with E-state index >= 15 is 0 Å². The predicted molar refractivity (Wildman–Crippen MR) is 105 cm³/mol. The number of benzene rings is 2. The van der Waals surface area contributed by atoms with Gasteiger partial charge in [0, 0.05) is 22.4 Å². The van der Waals surface area contributed by atoms with Gasteiger partial charge in [0.25, 0.3) is 0 Å². The first-order valence-corrected chi connectivity index (χ1v) is 9.49. The number of rotatable bonds is 3. The van der Waals surface area contributed by atoms with Gasteiger partial charge >= 0.3 is 0 Å². The first kappa shape index (κ1) is 16.1. The van der Waals surface area contributed by atoms with Crippen LogP contribution in [0, 0.1) is 0 Å². The van der Waals surface area contributed by atoms with Crippen molar-refractivity contribution in [3.63, 3.8) is 0 Å². The topological polar surface area (TPSA) is 37.8 Å². The van der Waals surface area contributed by atoms with Crippen LogP contribution in [0.25, 0.3) is 22.0 Å². The van der Waals surface area contributed by atoms with Gasteiger partial charge in [0.05, 0.1) is 0 Å². The number of anilines is 1. The summed E-state index contributed by atoms with van der Waals surface area (Å²) in [4.78, 5) is 0. The number of nitrogens with one attached hydrogen (secondary N) is 1. The average Bonchev–Trinajstić information content (AvgIpc) is 2.64. The van der Waals surface area contributed by atoms with Crippen molar-refractivity contribution in [3.8, 4) is 11.3 Å². The molecule has 1 aliphatic carbocycles. The molecule has 3 aromatic rings. The first-order valence-electron chi connectivity index (χ1n) is 9.49. The number of fused-ring (bicyclic) bond motifs is 1. The molecular formula is C22H25N3. The van der Waals surface area contributed by atoms with Crippen molar-refractivity contribution >= 4 is 16.6 Å². The Morgan fingerprint density at radius 1 is 0.680 bits per heavy atom. The minimum Gasteiger partial charge on any atom is -0.365 e. The van der Waals surface area contributed by atoms with Gasteiger partial charge in [0.15, 0.2) is 5.82 Å². The van der Waals surface area contributed by atoms with E-state index in [9.17, 15) is 0 Å². The highest BCUT2D eigenvalue weighted by Gasteiger charge is 2.15. The minimum absolute atomic E-state index is 0.514. The van der Waals surface area contributed by atoms with Crippen LogP contribution in [0.4, 0.5) is 5.82 Å². The van der Waals surface area contributed by atoms with E-state index in [2.05, 4.69) is 51.9 Å². The Kier molecular flexibility index (Phi) is 4.91. The third kappa shape index (κ3) is 3.65. The molecule has 0 radical (unpaired) electrons. The van der Waals surface area contributed by atoms with Crippen molar-refractivity contribution in [2.24, 2.45) is 0 Å². The Morgan fingerprint density at radius 2 is 1.32 bits per heavy atom. The summed E-state index contributed by atoms with van der Waals surface area (Å²) in [6.45, 7) is 0. The molecule has 4 rings (SSSR count). The molecule has 3 heteroatoms. The van der Waals surface area contributed by atoms with Crippen molar-refractivity contribution in [3.05, 3.63) is 54.6 Å². The maximum Gasteiger partial charge on any atom is 0.156 e. The first-order chi connectivity index (χ1) is 12.4. The van der Waals surface area contributed by atoms with Crippen molar-refractivity contribution in [1.82, 2.24) is 10.2 Å². The second-order valence-corrected chi connectivity index (χ2v) is 7.00. The smallest absolute Gasteiger partial charge is 0.156 e. The molecule has 1 aromatic heterocycles. The zero-order valence-corrected chi connectivity index (χ0v) is 14.6. The zero-order chi connectivity index (χ0) is 16.9. The van der Waals surface area contributed by atoms with E-state index in [-0.39, 0.29) is 0 Å². The number of aromatic nitrogens is 2. The van der Waals surface area contributed by atoms with Gasteiger partial charge in [-0.2, -0.15) is 0 Å². The summed E-state index contributed by atoms with van der Waals surface area (Å²) in [5.41, 5.74) is 2.07. The Hall–Kier alpha value is -2.42. The molecule has 0 atom stereocenters. The van der Waals surface area contributed by atoms with Crippen LogP contribution in [0.15, 0.2) is 54.6 Å². The van der Waals surface area contributed by atoms with Gasteiger partial charge < -0.3 is 5.32 Å². The molecule has 0 spiro atoms. The van der Waals surface area contributed by atoms with Gasteiger partial charge in [-0.25, -0.2) is 0 Å². The summed E-state index contributed by atoms with van der Waals surface area (Å²) in [6, 6.07) is 19.3. The van der Waals surface area contributed by atoms with E-state index in [1.54, 1.807) is 0 Å². The van der Waals surface area contributed by atoms with Crippen LogP contribution >= 0.6 is 0 Å². The van der Waals surface area contributed by atoms with E-state index < -0.39 is 0 Å². The lowest BCUT2D eigenvalue weighted by molar-refractivity contribution is 0.470. The zero-order valence-electron chi connectivity index (χ0n) is 14.6. The molecule has 1 fully saturated rings. The summed E-state index contributed by atoms with van der Waals surface area (Å²) < 4.78 is 0. The van der Waals surface area contributed by atoms with Gasteiger partial charge in [-0.15, -0.1) is 10.2 Å². The van der Waals surface area contributed by atoms with Gasteiger partial charge in [-0.05, 0) is 12.8 Å². The Balaban J connectivity index is 1.68. The predicted octanol–water partition coefficient (Wildman–Crippen LogP) is 5.82. The Bertz CT molecular complexity index is 821. The summed E-state index contributed by atoms with van der Waals surface area (Å²) in [5.74, 6) is 0.931. The normalized spacial score (nSPS) is 16.3. The van der Waals surface area contributed by atoms with Crippen LogP contribution in [0.1, 0.15) is 44.9 Å². The van der Waals surface area contributed by atoms with Crippen LogP contribution in [0.2, 0.25) is 0 Å². The lowest BCUT2D eigenvalue weighted by Gasteiger charge is -2.22. The molecule has 0 bridgehead atoms. The lowest BCUT2D eigenvalue weighted by atomic mass is 9.96. The highest BCUT2D eigenvalue weighted by atomic mass is 15.2. The van der Waals surface area contributed by atoms with Gasteiger partial charge in [0.1, 0.15) is 5.69 Å². The molecule has 0 aliphatic heterocycles. The molecule has 1 N–H and O–H groups in total. The summed E-state index contributed by atoms with van der Waals surface area (Å²) >= 11 is 0. The molecule has 0 saturated heterocycles. The quantitative estimate of drug-likeness (QED) is 0.657. The van der Waals surface area contributed by atoms with Crippen LogP contribution in [0.3, 0.4) is 0 Å². The molecule has 2 aromatic carbocycles. The highest BCUT2D eigenvalue weighted by Crippen LogP contribution is 2.30. The molecule has 1 saturated carbocycles. The second-order valence-electron chi connectivity index (χ2n) is 7.00. The second kappa shape index (κ2) is 7.64. The number of hydrogen-bond donors (Lipinski definition) is 1. The average molecular weight is 331 g/mol. The minimum atomic E-state index is 0.514. The summed E-state index contributed by atoms with van der Waals surface area (Å²) in [6.07, 6.45) is 9.19. The molecule has 1 aliphatic rings. The maximum atomic E-state index is 4.57. The summed E-state index contributed by atoms with van der Waals surface area (Å²) in [7, 11) is 0. The Morgan fingerprint density at radius 3 is 2.08 bits per heavy atom. The fourth-order valence-corrected chi connectivity index (χ4v) is 3.81. The van der Waals surface area contributed by atoms with E-state index in [0.717, 1.165) is 22.5 Å². The summed E-state index contributed by atoms with van der Waals surface area (Å²) in [5, 5.41) is 15.2. The van der Waals surface area contributed by atoms with Crippen LogP contribution < -0.4 is 5.32 Å². The molecule has 25 heavy (non-hydrogen) atoms. The third-order valence-electron chi connectivity index (χ3n) is 5.18. The number of hydrogen-bond acceptors (Lipinski definition) is 3. The molecule has 0 unspecified atom stereocenters. The lowest BCUT2D eigenvalue weighted by Crippen LogP contribution is -2.21. The van der Waals surface area contributed by atoms with E-state index in [0.29, 0.717) is 6.04 Å². The van der Waals surface area contributed by atoms with Crippen LogP contribution in [0.5, 0.6) is 0 Å². The standard InChI is InChI=1S/C22H25N3/c1-2-7-13-18(14-8-3-1)23-22-20-16-10-9-15-19(20)21(24-25-22)17-11-5-4-6-12-17/h4-6,9-12,15-16,18H,1-3,7-8,13-14H2,(H,23,25). The van der Waals surface area contributed by atoms with Gasteiger partial charge in [0.2, 0.25) is 0 Å². The number of nitrogens with zero attached hydrogens (tertiary/aromatic N) is 2.